The second-order valence-corrected chi connectivity index (χ2v) is 9.08. The van der Waals surface area contributed by atoms with Gasteiger partial charge in [-0.1, -0.05) is 30.7 Å². The van der Waals surface area contributed by atoms with Gasteiger partial charge >= 0.3 is 0 Å². The molecule has 1 saturated heterocycles. The van der Waals surface area contributed by atoms with Crippen molar-refractivity contribution in [3.63, 3.8) is 0 Å². The van der Waals surface area contributed by atoms with Crippen molar-refractivity contribution in [2.45, 2.75) is 39.3 Å². The van der Waals surface area contributed by atoms with E-state index in [9.17, 15) is 9.59 Å². The molecule has 2 amide bonds. The van der Waals surface area contributed by atoms with Gasteiger partial charge in [0.05, 0.1) is 17.1 Å². The van der Waals surface area contributed by atoms with Crippen molar-refractivity contribution in [1.29, 1.82) is 0 Å². The van der Waals surface area contributed by atoms with Crippen molar-refractivity contribution < 1.29 is 14.3 Å². The van der Waals surface area contributed by atoms with E-state index in [1.165, 1.54) is 0 Å². The van der Waals surface area contributed by atoms with Crippen molar-refractivity contribution in [2.24, 2.45) is 5.92 Å². The molecule has 1 N–H and O–H groups in total. The lowest BCUT2D eigenvalue weighted by Crippen LogP contribution is -2.40. The van der Waals surface area contributed by atoms with Gasteiger partial charge in [-0.3, -0.25) is 9.59 Å². The molecule has 2 heterocycles. The molecule has 0 radical (unpaired) electrons. The summed E-state index contributed by atoms with van der Waals surface area (Å²) in [5.41, 5.74) is 1.68. The molecule has 1 aliphatic heterocycles. The molecule has 3 aromatic rings. The van der Waals surface area contributed by atoms with Gasteiger partial charge in [-0.15, -0.1) is 0 Å². The van der Waals surface area contributed by atoms with Crippen LogP contribution in [-0.4, -0.2) is 46.0 Å². The Morgan fingerprint density at radius 3 is 2.58 bits per heavy atom. The maximum atomic E-state index is 13.1. The van der Waals surface area contributed by atoms with Crippen molar-refractivity contribution in [3.8, 4) is 5.75 Å². The predicted molar refractivity (Wildman–Crippen MR) is 128 cm³/mol. The molecule has 1 fully saturated rings. The highest BCUT2D eigenvalue weighted by Crippen LogP contribution is 2.23. The van der Waals surface area contributed by atoms with E-state index < -0.39 is 6.04 Å². The van der Waals surface area contributed by atoms with Crippen molar-refractivity contribution >= 4 is 34.4 Å². The zero-order valence-corrected chi connectivity index (χ0v) is 19.7. The summed E-state index contributed by atoms with van der Waals surface area (Å²) in [4.78, 5) is 32.2. The molecule has 4 rings (SSSR count). The number of likely N-dealkylation sites (tertiary alicyclic amines) is 1. The number of ether oxygens (including phenoxy) is 1. The number of nitrogens with one attached hydrogen (secondary N) is 1. The van der Waals surface area contributed by atoms with Crippen LogP contribution in [0.25, 0.3) is 11.0 Å². The minimum atomic E-state index is -0.395. The van der Waals surface area contributed by atoms with Crippen LogP contribution >= 0.6 is 11.6 Å². The van der Waals surface area contributed by atoms with Crippen LogP contribution in [-0.2, 0) is 16.1 Å². The number of carbonyl (C=O) groups excluding carboxylic acids is 2. The normalized spacial score (nSPS) is 15.4. The lowest BCUT2D eigenvalue weighted by molar-refractivity contribution is -0.133. The van der Waals surface area contributed by atoms with E-state index in [1.54, 1.807) is 24.3 Å². The molecule has 1 aliphatic rings. The first-order chi connectivity index (χ1) is 15.9. The summed E-state index contributed by atoms with van der Waals surface area (Å²) in [6.45, 7) is 5.74. The predicted octanol–water partition coefficient (Wildman–Crippen LogP) is 4.20. The number of piperidine rings is 1. The van der Waals surface area contributed by atoms with E-state index in [-0.39, 0.29) is 25.0 Å². The molecule has 0 aliphatic carbocycles. The molecular formula is C25H29ClN4O3. The zero-order chi connectivity index (χ0) is 23.4. The molecule has 0 saturated carbocycles. The third kappa shape index (κ3) is 5.66. The zero-order valence-electron chi connectivity index (χ0n) is 19.0. The molecule has 0 bridgehead atoms. The molecule has 1 atom stereocenters. The Labute approximate surface area is 198 Å². The molecule has 174 valence electrons. The number of para-hydroxylation sites is 2. The van der Waals surface area contributed by atoms with Crippen LogP contribution in [0.5, 0.6) is 5.75 Å². The first-order valence-corrected chi connectivity index (χ1v) is 11.7. The molecule has 33 heavy (non-hydrogen) atoms. The lowest BCUT2D eigenvalue weighted by atomic mass is 9.99. The number of imidazole rings is 1. The Morgan fingerprint density at radius 2 is 1.85 bits per heavy atom. The van der Waals surface area contributed by atoms with Gasteiger partial charge in [0.25, 0.3) is 5.91 Å². The van der Waals surface area contributed by atoms with Gasteiger partial charge in [-0.25, -0.2) is 4.98 Å². The third-order valence-corrected chi connectivity index (χ3v) is 6.31. The van der Waals surface area contributed by atoms with Gasteiger partial charge in [-0.05, 0) is 62.1 Å². The maximum absolute atomic E-state index is 13.1. The number of aromatic nitrogens is 2. The Kier molecular flexibility index (Phi) is 7.18. The Hall–Kier alpha value is -3.06. The van der Waals surface area contributed by atoms with E-state index in [1.807, 2.05) is 40.7 Å². The minimum absolute atomic E-state index is 0.0795. The minimum Gasteiger partial charge on any atom is -0.484 e. The second kappa shape index (κ2) is 10.3. The summed E-state index contributed by atoms with van der Waals surface area (Å²) >= 11 is 5.88. The van der Waals surface area contributed by atoms with Gasteiger partial charge in [0.2, 0.25) is 5.91 Å². The monoisotopic (exact) mass is 468 g/mol. The van der Waals surface area contributed by atoms with Gasteiger partial charge in [-0.2, -0.15) is 0 Å². The van der Waals surface area contributed by atoms with Gasteiger partial charge in [0.15, 0.2) is 6.61 Å². The first-order valence-electron chi connectivity index (χ1n) is 11.3. The number of carbonyl (C=O) groups is 2. The fourth-order valence-corrected chi connectivity index (χ4v) is 4.24. The molecule has 8 heteroatoms. The fourth-order valence-electron chi connectivity index (χ4n) is 4.11. The fraction of sp³-hybridized carbons (Fsp3) is 0.400. The Bertz CT molecular complexity index is 1120. The third-order valence-electron chi connectivity index (χ3n) is 6.06. The summed E-state index contributed by atoms with van der Waals surface area (Å²) in [6.07, 6.45) is 2.06. The van der Waals surface area contributed by atoms with Crippen molar-refractivity contribution in [2.75, 3.05) is 19.7 Å². The summed E-state index contributed by atoms with van der Waals surface area (Å²) in [7, 11) is 0. The van der Waals surface area contributed by atoms with Gasteiger partial charge in [0.1, 0.15) is 18.1 Å². The quantitative estimate of drug-likeness (QED) is 0.563. The summed E-state index contributed by atoms with van der Waals surface area (Å²) in [5, 5.41) is 3.54. The molecule has 2 aromatic carbocycles. The van der Waals surface area contributed by atoms with Crippen LogP contribution in [0.2, 0.25) is 5.02 Å². The van der Waals surface area contributed by atoms with Crippen molar-refractivity contribution in [1.82, 2.24) is 19.8 Å². The SMILES string of the molecule is CC1CCN(C(=O)Cn2c(C(C)NC(=O)COc3ccc(Cl)cc3)nc3ccccc32)CC1. The van der Waals surface area contributed by atoms with E-state index in [0.29, 0.717) is 22.5 Å². The standard InChI is InChI=1S/C25H29ClN4O3/c1-17-11-13-29(14-12-17)24(32)15-30-22-6-4-3-5-21(22)28-25(30)18(2)27-23(31)16-33-20-9-7-19(26)8-10-20/h3-10,17-18H,11-16H2,1-2H3,(H,27,31). The van der Waals surface area contributed by atoms with Crippen LogP contribution in [0.1, 0.15) is 38.6 Å². The van der Waals surface area contributed by atoms with E-state index >= 15 is 0 Å². The highest BCUT2D eigenvalue weighted by atomic mass is 35.5. The number of hydrogen-bond donors (Lipinski definition) is 1. The topological polar surface area (TPSA) is 76.5 Å². The second-order valence-electron chi connectivity index (χ2n) is 8.64. The molecule has 0 spiro atoms. The van der Waals surface area contributed by atoms with E-state index in [0.717, 1.165) is 37.0 Å². The summed E-state index contributed by atoms with van der Waals surface area (Å²) < 4.78 is 7.46. The van der Waals surface area contributed by atoms with Crippen LogP contribution in [0.4, 0.5) is 0 Å². The number of benzene rings is 2. The highest BCUT2D eigenvalue weighted by Gasteiger charge is 2.24. The summed E-state index contributed by atoms with van der Waals surface area (Å²) in [5.74, 6) is 1.68. The van der Waals surface area contributed by atoms with E-state index in [2.05, 4.69) is 12.2 Å². The van der Waals surface area contributed by atoms with Crippen LogP contribution in [0.3, 0.4) is 0 Å². The van der Waals surface area contributed by atoms with Crippen LogP contribution < -0.4 is 10.1 Å². The number of nitrogens with zero attached hydrogens (tertiary/aromatic N) is 3. The van der Waals surface area contributed by atoms with Crippen molar-refractivity contribution in [3.05, 3.63) is 59.4 Å². The van der Waals surface area contributed by atoms with Crippen LogP contribution in [0, 0.1) is 5.92 Å². The van der Waals surface area contributed by atoms with Gasteiger partial charge in [0, 0.05) is 18.1 Å². The largest absolute Gasteiger partial charge is 0.484 e. The molecular weight excluding hydrogens is 440 g/mol. The average Bonchev–Trinajstić information content (AvgIpc) is 3.17. The molecule has 7 nitrogen and oxygen atoms in total. The van der Waals surface area contributed by atoms with E-state index in [4.69, 9.17) is 21.3 Å². The van der Waals surface area contributed by atoms with Gasteiger partial charge < -0.3 is 19.5 Å². The average molecular weight is 469 g/mol. The smallest absolute Gasteiger partial charge is 0.258 e. The number of rotatable bonds is 7. The van der Waals surface area contributed by atoms with Crippen LogP contribution in [0.15, 0.2) is 48.5 Å². The molecule has 1 aromatic heterocycles. The maximum Gasteiger partial charge on any atom is 0.258 e. The number of hydrogen-bond acceptors (Lipinski definition) is 4. The Balaban J connectivity index is 1.46. The first kappa shape index (κ1) is 23.1. The number of fused-ring (bicyclic) bond motifs is 1. The summed E-state index contributed by atoms with van der Waals surface area (Å²) in [6, 6.07) is 14.2. The lowest BCUT2D eigenvalue weighted by Gasteiger charge is -2.30. The Morgan fingerprint density at radius 1 is 1.15 bits per heavy atom. The highest BCUT2D eigenvalue weighted by molar-refractivity contribution is 6.30. The number of halogens is 1. The molecule has 1 unspecified atom stereocenters. The number of amides is 2.